The molecule has 0 aromatic carbocycles. The summed E-state index contributed by atoms with van der Waals surface area (Å²) in [5.74, 6) is -0.855. The van der Waals surface area contributed by atoms with Crippen molar-refractivity contribution in [2.45, 2.75) is 290 Å². The Labute approximate surface area is 518 Å². The number of hydrogen-bond donors (Lipinski definition) is 0. The number of esters is 2. The van der Waals surface area contributed by atoms with Crippen molar-refractivity contribution in [3.05, 3.63) is 122 Å². The number of rotatable bonds is 62. The van der Waals surface area contributed by atoms with Gasteiger partial charge < -0.3 is 27.9 Å². The molecule has 0 aliphatic heterocycles. The van der Waals surface area contributed by atoms with Gasteiger partial charge in [-0.1, -0.05) is 283 Å². The highest BCUT2D eigenvalue weighted by Gasteiger charge is 2.22. The number of carbonyl (C=O) groups is 2. The lowest BCUT2D eigenvalue weighted by molar-refractivity contribution is -0.870. The molecular weight excluding hydrogens is 1060 g/mol. The number of nitrogens with zero attached hydrogens (tertiary/aromatic N) is 1. The average Bonchev–Trinajstić information content (AvgIpc) is 3.61. The monoisotopic (exact) mass is 1190 g/mol. The van der Waals surface area contributed by atoms with Gasteiger partial charge in [-0.2, -0.15) is 0 Å². The third kappa shape index (κ3) is 67.5. The summed E-state index contributed by atoms with van der Waals surface area (Å²) in [5, 5.41) is 0. The highest BCUT2D eigenvalue weighted by Crippen LogP contribution is 2.38. The maximum absolute atomic E-state index is 12.8. The minimum Gasteiger partial charge on any atom is -0.756 e. The van der Waals surface area contributed by atoms with Crippen LogP contribution in [0, 0.1) is 0 Å². The summed E-state index contributed by atoms with van der Waals surface area (Å²) in [4.78, 5) is 38.0. The van der Waals surface area contributed by atoms with Crippen LogP contribution in [0.3, 0.4) is 0 Å². The second-order valence-corrected chi connectivity index (χ2v) is 25.2. The lowest BCUT2D eigenvalue weighted by atomic mass is 10.0. The van der Waals surface area contributed by atoms with Crippen LogP contribution in [0.5, 0.6) is 0 Å². The third-order valence-electron chi connectivity index (χ3n) is 14.5. The molecule has 0 bridgehead atoms. The fourth-order valence-corrected chi connectivity index (χ4v) is 9.96. The molecule has 0 saturated heterocycles. The van der Waals surface area contributed by atoms with Crippen LogP contribution in [0.2, 0.25) is 0 Å². The number of ether oxygens (including phenoxy) is 2. The standard InChI is InChI=1S/C74H128NO8P/c1-6-8-10-12-14-16-18-20-22-24-26-28-30-32-34-35-36-37-38-39-41-42-44-46-48-50-52-54-56-58-60-62-64-66-73(76)80-70-72(71-82-84(78,79)81-69-68-75(3,4)5)83-74(77)67-65-63-61-59-57-55-53-51-49-47-45-43-40-33-31-29-27-25-23-21-19-17-15-13-11-9-7-2/h9,11,15,17-18,20-21,23-24,26-27,29-30,32-33,40,45,47,51,53,72H,6-8,10,12-14,16,19,22,25,28,31,34-39,41-44,46,48-50,52,54-71H2,1-5H3/b11-9-,17-15-,20-18-,23-21-,26-24-,29-27-,32-30-,40-33-,47-45-,53-51-. The molecule has 0 aliphatic carbocycles. The first kappa shape index (κ1) is 80.4. The first-order valence-electron chi connectivity index (χ1n) is 34.2. The Balaban J connectivity index is 4.11. The van der Waals surface area contributed by atoms with Crippen LogP contribution in [-0.2, 0) is 32.7 Å². The number of phosphoric acid groups is 1. The van der Waals surface area contributed by atoms with Crippen LogP contribution in [0.1, 0.15) is 284 Å². The second kappa shape index (κ2) is 63.9. The van der Waals surface area contributed by atoms with Crippen LogP contribution in [0.4, 0.5) is 0 Å². The molecule has 0 aromatic rings. The molecule has 0 spiro atoms. The largest absolute Gasteiger partial charge is 0.756 e. The normalized spacial score (nSPS) is 13.9. The predicted octanol–water partition coefficient (Wildman–Crippen LogP) is 21.6. The van der Waals surface area contributed by atoms with Gasteiger partial charge in [0.1, 0.15) is 19.8 Å². The maximum atomic E-state index is 12.8. The Morgan fingerprint density at radius 3 is 1.01 bits per heavy atom. The molecule has 2 unspecified atom stereocenters. The van der Waals surface area contributed by atoms with Crippen molar-refractivity contribution < 1.29 is 42.1 Å². The van der Waals surface area contributed by atoms with Gasteiger partial charge in [0.05, 0.1) is 27.7 Å². The van der Waals surface area contributed by atoms with Crippen LogP contribution >= 0.6 is 7.82 Å². The molecule has 0 amide bonds. The van der Waals surface area contributed by atoms with Crippen molar-refractivity contribution in [1.82, 2.24) is 0 Å². The number of allylic oxidation sites excluding steroid dienone is 20. The summed E-state index contributed by atoms with van der Waals surface area (Å²) in [7, 11) is 1.14. The molecule has 0 aliphatic rings. The van der Waals surface area contributed by atoms with E-state index in [2.05, 4.69) is 135 Å². The van der Waals surface area contributed by atoms with Crippen LogP contribution in [-0.4, -0.2) is 70.0 Å². The summed E-state index contributed by atoms with van der Waals surface area (Å²) in [6, 6.07) is 0. The number of likely N-dealkylation sites (N-methyl/N-ethyl adjacent to an activating group) is 1. The number of carbonyl (C=O) groups excluding carboxylic acids is 2. The van der Waals surface area contributed by atoms with Gasteiger partial charge in [-0.25, -0.2) is 0 Å². The maximum Gasteiger partial charge on any atom is 0.306 e. The van der Waals surface area contributed by atoms with Gasteiger partial charge in [-0.05, 0) is 109 Å². The molecular formula is C74H128NO8P. The van der Waals surface area contributed by atoms with Crippen molar-refractivity contribution in [1.29, 1.82) is 0 Å². The summed E-state index contributed by atoms with van der Waals surface area (Å²) in [6.45, 7) is 4.10. The smallest absolute Gasteiger partial charge is 0.306 e. The molecule has 0 saturated carbocycles. The minimum absolute atomic E-state index is 0.0403. The first-order valence-corrected chi connectivity index (χ1v) is 35.7. The van der Waals surface area contributed by atoms with E-state index in [0.717, 1.165) is 109 Å². The Morgan fingerprint density at radius 1 is 0.381 bits per heavy atom. The summed E-state index contributed by atoms with van der Waals surface area (Å²) < 4.78 is 34.3. The van der Waals surface area contributed by atoms with Crippen molar-refractivity contribution in [3.8, 4) is 0 Å². The van der Waals surface area contributed by atoms with Gasteiger partial charge in [0.2, 0.25) is 0 Å². The van der Waals surface area contributed by atoms with Crippen LogP contribution in [0.25, 0.3) is 0 Å². The fourth-order valence-electron chi connectivity index (χ4n) is 9.23. The van der Waals surface area contributed by atoms with Gasteiger partial charge >= 0.3 is 11.9 Å². The summed E-state index contributed by atoms with van der Waals surface area (Å²) in [6.07, 6.45) is 91.3. The summed E-state index contributed by atoms with van der Waals surface area (Å²) >= 11 is 0. The minimum atomic E-state index is -4.65. The van der Waals surface area contributed by atoms with E-state index in [0.29, 0.717) is 17.4 Å². The van der Waals surface area contributed by atoms with E-state index in [1.54, 1.807) is 0 Å². The zero-order valence-corrected chi connectivity index (χ0v) is 55.7. The number of unbranched alkanes of at least 4 members (excludes halogenated alkanes) is 28. The molecule has 0 radical (unpaired) electrons. The number of quaternary nitrogens is 1. The number of phosphoric ester groups is 1. The first-order chi connectivity index (χ1) is 41.0. The molecule has 2 atom stereocenters. The Kier molecular flexibility index (Phi) is 61.2. The zero-order valence-electron chi connectivity index (χ0n) is 54.8. The molecule has 0 heterocycles. The van der Waals surface area contributed by atoms with Crippen molar-refractivity contribution in [2.24, 2.45) is 0 Å². The van der Waals surface area contributed by atoms with E-state index in [1.807, 2.05) is 21.1 Å². The Bertz CT molecular complexity index is 1830. The third-order valence-corrected chi connectivity index (χ3v) is 15.4. The quantitative estimate of drug-likeness (QED) is 0.0195. The lowest BCUT2D eigenvalue weighted by Gasteiger charge is -2.28. The molecule has 0 aromatic heterocycles. The second-order valence-electron chi connectivity index (χ2n) is 23.8. The highest BCUT2D eigenvalue weighted by atomic mass is 31.2. The lowest BCUT2D eigenvalue weighted by Crippen LogP contribution is -2.37. The van der Waals surface area contributed by atoms with Crippen molar-refractivity contribution >= 4 is 19.8 Å². The zero-order chi connectivity index (χ0) is 61.2. The van der Waals surface area contributed by atoms with Crippen molar-refractivity contribution in [3.63, 3.8) is 0 Å². The topological polar surface area (TPSA) is 111 Å². The fraction of sp³-hybridized carbons (Fsp3) is 0.703. The van der Waals surface area contributed by atoms with Crippen LogP contribution < -0.4 is 4.89 Å². The molecule has 84 heavy (non-hydrogen) atoms. The molecule has 0 fully saturated rings. The average molecular weight is 1190 g/mol. The van der Waals surface area contributed by atoms with Gasteiger partial charge in [0, 0.05) is 12.8 Å². The van der Waals surface area contributed by atoms with Gasteiger partial charge in [-0.15, -0.1) is 0 Å². The Hall–Kier alpha value is -3.59. The van der Waals surface area contributed by atoms with E-state index in [-0.39, 0.29) is 32.0 Å². The van der Waals surface area contributed by atoms with E-state index < -0.39 is 26.5 Å². The van der Waals surface area contributed by atoms with E-state index in [9.17, 15) is 19.0 Å². The van der Waals surface area contributed by atoms with E-state index in [4.69, 9.17) is 18.5 Å². The SMILES string of the molecule is CC/C=C\C/C=C\C/C=C\C/C=C\C/C=C\C/C=C\C/C=C\CCCCCCCC(=O)OC(COC(=O)CCCCCCCCCCCCCCCCCCCC/C=C\C/C=C\C/C=C\CCCCCCC)COP(=O)([O-])OCC[N+](C)(C)C. The number of hydrogen-bond acceptors (Lipinski definition) is 8. The van der Waals surface area contributed by atoms with E-state index >= 15 is 0 Å². The van der Waals surface area contributed by atoms with Crippen molar-refractivity contribution in [2.75, 3.05) is 47.5 Å². The summed E-state index contributed by atoms with van der Waals surface area (Å²) in [5.41, 5.74) is 0. The van der Waals surface area contributed by atoms with Gasteiger partial charge in [0.25, 0.3) is 7.82 Å². The molecule has 10 heteroatoms. The molecule has 0 rings (SSSR count). The van der Waals surface area contributed by atoms with E-state index in [1.165, 1.54) is 141 Å². The Morgan fingerprint density at radius 2 is 0.679 bits per heavy atom. The van der Waals surface area contributed by atoms with Gasteiger partial charge in [0.15, 0.2) is 6.10 Å². The predicted molar refractivity (Wildman–Crippen MR) is 360 cm³/mol. The molecule has 9 nitrogen and oxygen atoms in total. The molecule has 482 valence electrons. The van der Waals surface area contributed by atoms with Gasteiger partial charge in [-0.3, -0.25) is 14.2 Å². The molecule has 0 N–H and O–H groups in total. The highest BCUT2D eigenvalue weighted by molar-refractivity contribution is 7.45. The van der Waals surface area contributed by atoms with Crippen LogP contribution in [0.15, 0.2) is 122 Å².